The monoisotopic (exact) mass is 331 g/mol. The zero-order valence-corrected chi connectivity index (χ0v) is 14.6. The van der Waals surface area contributed by atoms with E-state index in [1.54, 1.807) is 0 Å². The molecule has 8 heteroatoms. The summed E-state index contributed by atoms with van der Waals surface area (Å²) in [6.45, 7) is 9.02. The molecule has 1 unspecified atom stereocenters. The Bertz CT molecular complexity index is 697. The van der Waals surface area contributed by atoms with Crippen LogP contribution in [0.2, 0.25) is 0 Å². The van der Waals surface area contributed by atoms with E-state index in [0.29, 0.717) is 5.92 Å². The van der Waals surface area contributed by atoms with E-state index in [2.05, 4.69) is 41.6 Å². The van der Waals surface area contributed by atoms with Gasteiger partial charge in [0.15, 0.2) is 5.82 Å². The molecule has 1 saturated carbocycles. The van der Waals surface area contributed by atoms with Gasteiger partial charge >= 0.3 is 0 Å². The van der Waals surface area contributed by atoms with Crippen molar-refractivity contribution in [1.82, 2.24) is 34.7 Å². The van der Waals surface area contributed by atoms with Gasteiger partial charge in [0.25, 0.3) is 0 Å². The fourth-order valence-electron chi connectivity index (χ4n) is 3.18. The summed E-state index contributed by atoms with van der Waals surface area (Å²) in [5.41, 5.74) is 0. The van der Waals surface area contributed by atoms with Crippen LogP contribution in [0.4, 0.5) is 0 Å². The van der Waals surface area contributed by atoms with Gasteiger partial charge in [-0.25, -0.2) is 0 Å². The van der Waals surface area contributed by atoms with Crippen molar-refractivity contribution in [3.05, 3.63) is 23.4 Å². The summed E-state index contributed by atoms with van der Waals surface area (Å²) < 4.78 is 7.55. The van der Waals surface area contributed by atoms with E-state index in [1.165, 1.54) is 12.8 Å². The maximum atomic E-state index is 5.48. The number of rotatable bonds is 5. The van der Waals surface area contributed by atoms with Crippen molar-refractivity contribution in [2.45, 2.75) is 45.2 Å². The largest absolute Gasteiger partial charge is 0.338 e. The van der Waals surface area contributed by atoms with Crippen molar-refractivity contribution in [1.29, 1.82) is 0 Å². The predicted molar refractivity (Wildman–Crippen MR) is 87.3 cm³/mol. The van der Waals surface area contributed by atoms with E-state index < -0.39 is 0 Å². The van der Waals surface area contributed by atoms with Gasteiger partial charge in [0.05, 0.1) is 12.6 Å². The van der Waals surface area contributed by atoms with Crippen molar-refractivity contribution >= 4 is 0 Å². The molecule has 1 aliphatic carbocycles. The van der Waals surface area contributed by atoms with Crippen molar-refractivity contribution in [3.63, 3.8) is 0 Å². The molecule has 2 aromatic rings. The number of aryl methyl sites for hydroxylation is 1. The third-order valence-corrected chi connectivity index (χ3v) is 5.26. The molecule has 3 heterocycles. The molecule has 2 aromatic heterocycles. The first-order valence-electron chi connectivity index (χ1n) is 8.76. The van der Waals surface area contributed by atoms with Crippen LogP contribution in [0.15, 0.2) is 4.52 Å². The normalized spacial score (nSPS) is 21.3. The summed E-state index contributed by atoms with van der Waals surface area (Å²) in [4.78, 5) is 9.44. The molecule has 8 nitrogen and oxygen atoms in total. The summed E-state index contributed by atoms with van der Waals surface area (Å²) >= 11 is 0. The highest BCUT2D eigenvalue weighted by molar-refractivity contribution is 5.05. The lowest BCUT2D eigenvalue weighted by Gasteiger charge is -2.36. The van der Waals surface area contributed by atoms with Crippen LogP contribution < -0.4 is 0 Å². The van der Waals surface area contributed by atoms with Crippen molar-refractivity contribution in [2.24, 2.45) is 7.05 Å². The van der Waals surface area contributed by atoms with E-state index in [0.717, 1.165) is 56.1 Å². The quantitative estimate of drug-likeness (QED) is 0.816. The number of hydrogen-bond donors (Lipinski definition) is 0. The highest BCUT2D eigenvalue weighted by atomic mass is 16.5. The van der Waals surface area contributed by atoms with Gasteiger partial charge in [0, 0.05) is 39.1 Å². The third-order valence-electron chi connectivity index (χ3n) is 5.26. The highest BCUT2D eigenvalue weighted by Crippen LogP contribution is 2.38. The number of aromatic nitrogens is 5. The maximum absolute atomic E-state index is 5.48. The van der Waals surface area contributed by atoms with Crippen LogP contribution in [0, 0.1) is 6.92 Å². The molecule has 24 heavy (non-hydrogen) atoms. The van der Waals surface area contributed by atoms with E-state index in [-0.39, 0.29) is 6.04 Å². The number of nitrogens with zero attached hydrogens (tertiary/aromatic N) is 7. The van der Waals surface area contributed by atoms with Gasteiger partial charge in [-0.2, -0.15) is 4.98 Å². The van der Waals surface area contributed by atoms with Gasteiger partial charge in [-0.1, -0.05) is 5.16 Å². The first kappa shape index (κ1) is 15.7. The second kappa shape index (κ2) is 6.25. The van der Waals surface area contributed by atoms with Gasteiger partial charge in [-0.05, 0) is 26.7 Å². The SMILES string of the molecule is Cc1nnc(CN2CCN(C(C)c3nc(C4CC4)no3)CC2)n1C. The molecule has 0 radical (unpaired) electrons. The average Bonchev–Trinajstić information content (AvgIpc) is 3.26. The molecular formula is C16H25N7O. The molecule has 0 aromatic carbocycles. The summed E-state index contributed by atoms with van der Waals surface area (Å²) in [6.07, 6.45) is 2.40. The zero-order valence-electron chi connectivity index (χ0n) is 14.6. The Kier molecular flexibility index (Phi) is 4.09. The average molecular weight is 331 g/mol. The number of hydrogen-bond acceptors (Lipinski definition) is 7. The Morgan fingerprint density at radius 2 is 1.92 bits per heavy atom. The Morgan fingerprint density at radius 1 is 1.17 bits per heavy atom. The third kappa shape index (κ3) is 3.08. The van der Waals surface area contributed by atoms with Crippen LogP contribution >= 0.6 is 0 Å². The van der Waals surface area contributed by atoms with E-state index >= 15 is 0 Å². The molecular weight excluding hydrogens is 306 g/mol. The standard InChI is InChI=1S/C16H25N7O/c1-11(16-17-15(20-24-16)13-4-5-13)23-8-6-22(7-9-23)10-14-19-18-12(2)21(14)3/h11,13H,4-10H2,1-3H3. The molecule has 4 rings (SSSR count). The Morgan fingerprint density at radius 3 is 2.54 bits per heavy atom. The van der Waals surface area contributed by atoms with Gasteiger partial charge in [-0.3, -0.25) is 9.80 Å². The molecule has 130 valence electrons. The zero-order chi connectivity index (χ0) is 16.7. The fourth-order valence-corrected chi connectivity index (χ4v) is 3.18. The van der Waals surface area contributed by atoms with Gasteiger partial charge in [-0.15, -0.1) is 10.2 Å². The van der Waals surface area contributed by atoms with Crippen molar-refractivity contribution < 1.29 is 4.52 Å². The van der Waals surface area contributed by atoms with E-state index in [4.69, 9.17) is 4.52 Å². The van der Waals surface area contributed by atoms with Gasteiger partial charge < -0.3 is 9.09 Å². The first-order valence-corrected chi connectivity index (χ1v) is 8.76. The maximum Gasteiger partial charge on any atom is 0.243 e. The summed E-state index contributed by atoms with van der Waals surface area (Å²) in [5.74, 6) is 4.18. The molecule has 2 aliphatic rings. The molecule has 2 fully saturated rings. The van der Waals surface area contributed by atoms with Crippen molar-refractivity contribution in [3.8, 4) is 0 Å². The predicted octanol–water partition coefficient (Wildman–Crippen LogP) is 1.26. The molecule has 0 spiro atoms. The highest BCUT2D eigenvalue weighted by Gasteiger charge is 2.31. The smallest absolute Gasteiger partial charge is 0.243 e. The second-order valence-electron chi connectivity index (χ2n) is 6.98. The second-order valence-corrected chi connectivity index (χ2v) is 6.98. The minimum Gasteiger partial charge on any atom is -0.338 e. The van der Waals surface area contributed by atoms with E-state index in [1.807, 2.05) is 14.0 Å². The Labute approximate surface area is 141 Å². The Balaban J connectivity index is 1.32. The van der Waals surface area contributed by atoms with Crippen LogP contribution in [0.5, 0.6) is 0 Å². The molecule has 0 bridgehead atoms. The lowest BCUT2D eigenvalue weighted by Crippen LogP contribution is -2.47. The van der Waals surface area contributed by atoms with Crippen LogP contribution in [-0.4, -0.2) is 60.9 Å². The van der Waals surface area contributed by atoms with Crippen LogP contribution in [0.25, 0.3) is 0 Å². The Hall–Kier alpha value is -1.80. The number of piperazine rings is 1. The fraction of sp³-hybridized carbons (Fsp3) is 0.750. The lowest BCUT2D eigenvalue weighted by molar-refractivity contribution is 0.0826. The minimum atomic E-state index is 0.184. The van der Waals surface area contributed by atoms with Crippen molar-refractivity contribution in [2.75, 3.05) is 26.2 Å². The minimum absolute atomic E-state index is 0.184. The van der Waals surface area contributed by atoms with Gasteiger partial charge in [0.1, 0.15) is 11.6 Å². The van der Waals surface area contributed by atoms with Crippen LogP contribution in [0.3, 0.4) is 0 Å². The van der Waals surface area contributed by atoms with Gasteiger partial charge in [0.2, 0.25) is 5.89 Å². The lowest BCUT2D eigenvalue weighted by atomic mass is 10.2. The topological polar surface area (TPSA) is 76.1 Å². The molecule has 1 atom stereocenters. The van der Waals surface area contributed by atoms with Crippen LogP contribution in [0.1, 0.15) is 55.1 Å². The van der Waals surface area contributed by atoms with E-state index in [9.17, 15) is 0 Å². The molecule has 0 N–H and O–H groups in total. The first-order chi connectivity index (χ1) is 11.6. The summed E-state index contributed by atoms with van der Waals surface area (Å²) in [7, 11) is 2.02. The molecule has 1 aliphatic heterocycles. The molecule has 0 amide bonds. The summed E-state index contributed by atoms with van der Waals surface area (Å²) in [5, 5.41) is 12.5. The summed E-state index contributed by atoms with van der Waals surface area (Å²) in [6, 6.07) is 0.184. The van der Waals surface area contributed by atoms with Crippen LogP contribution in [-0.2, 0) is 13.6 Å². The molecule has 1 saturated heterocycles.